The van der Waals surface area contributed by atoms with Gasteiger partial charge >= 0.3 is 0 Å². The quantitative estimate of drug-likeness (QED) is 0.292. The lowest BCUT2D eigenvalue weighted by molar-refractivity contribution is 0.0850. The first-order chi connectivity index (χ1) is 9.92. The summed E-state index contributed by atoms with van der Waals surface area (Å²) in [5, 5.41) is 10.00. The van der Waals surface area contributed by atoms with Gasteiger partial charge in [0.1, 0.15) is 11.6 Å². The summed E-state index contributed by atoms with van der Waals surface area (Å²) in [6, 6.07) is 11.0. The SMILES string of the molecule is N=C(CS(=O)(=O)c1ccccc1)N(N)C(=O)c1cccs1. The standard InChI is InChI=1S/C13H13N3O3S2/c14-12(16(15)13(17)11-7-4-8-20-11)9-21(18,19)10-5-2-1-3-6-10/h1-8,14H,9,15H2. The molecule has 0 atom stereocenters. The third kappa shape index (κ3) is 3.54. The van der Waals surface area contributed by atoms with Gasteiger partial charge in [0.25, 0.3) is 5.91 Å². The zero-order valence-corrected chi connectivity index (χ0v) is 12.5. The number of benzene rings is 1. The summed E-state index contributed by atoms with van der Waals surface area (Å²) >= 11 is 1.17. The first kappa shape index (κ1) is 15.4. The number of carbonyl (C=O) groups is 1. The number of hydrazine groups is 1. The van der Waals surface area contributed by atoms with E-state index in [4.69, 9.17) is 11.3 Å². The Morgan fingerprint density at radius 1 is 1.19 bits per heavy atom. The number of nitrogens with zero attached hydrogens (tertiary/aromatic N) is 1. The van der Waals surface area contributed by atoms with Crippen LogP contribution in [0.2, 0.25) is 0 Å². The minimum atomic E-state index is -3.70. The lowest BCUT2D eigenvalue weighted by atomic mass is 10.4. The summed E-state index contributed by atoms with van der Waals surface area (Å²) in [4.78, 5) is 12.4. The van der Waals surface area contributed by atoms with Gasteiger partial charge in [0, 0.05) is 0 Å². The summed E-state index contributed by atoms with van der Waals surface area (Å²) in [5.41, 5.74) is 0. The van der Waals surface area contributed by atoms with Crippen molar-refractivity contribution in [2.75, 3.05) is 5.75 Å². The number of amides is 1. The van der Waals surface area contributed by atoms with Gasteiger partial charge in [-0.2, -0.15) is 0 Å². The fourth-order valence-corrected chi connectivity index (χ4v) is 3.50. The molecule has 1 aromatic carbocycles. The molecule has 0 unspecified atom stereocenters. The van der Waals surface area contributed by atoms with E-state index in [1.807, 2.05) is 0 Å². The molecular weight excluding hydrogens is 310 g/mol. The second kappa shape index (κ2) is 6.17. The van der Waals surface area contributed by atoms with Gasteiger partial charge in [-0.25, -0.2) is 19.3 Å². The first-order valence-electron chi connectivity index (χ1n) is 5.90. The summed E-state index contributed by atoms with van der Waals surface area (Å²) in [6.45, 7) is 0. The van der Waals surface area contributed by atoms with E-state index in [0.717, 1.165) is 0 Å². The molecule has 1 amide bonds. The molecule has 1 aromatic heterocycles. The summed E-state index contributed by atoms with van der Waals surface area (Å²) in [6.07, 6.45) is 0. The topological polar surface area (TPSA) is 104 Å². The van der Waals surface area contributed by atoms with Crippen LogP contribution in [0.3, 0.4) is 0 Å². The maximum Gasteiger partial charge on any atom is 0.283 e. The van der Waals surface area contributed by atoms with Crippen LogP contribution in [0, 0.1) is 5.41 Å². The van der Waals surface area contributed by atoms with Crippen molar-refractivity contribution in [1.29, 1.82) is 5.41 Å². The molecule has 2 rings (SSSR count). The molecule has 0 aliphatic rings. The van der Waals surface area contributed by atoms with Gasteiger partial charge < -0.3 is 0 Å². The zero-order valence-electron chi connectivity index (χ0n) is 10.9. The predicted molar refractivity (Wildman–Crippen MR) is 80.9 cm³/mol. The van der Waals surface area contributed by atoms with Gasteiger partial charge in [-0.3, -0.25) is 10.2 Å². The first-order valence-corrected chi connectivity index (χ1v) is 8.43. The van der Waals surface area contributed by atoms with Crippen LogP contribution in [-0.4, -0.2) is 30.9 Å². The van der Waals surface area contributed by atoms with Crippen LogP contribution in [0.15, 0.2) is 52.7 Å². The number of hydrogen-bond acceptors (Lipinski definition) is 6. The van der Waals surface area contributed by atoms with E-state index in [9.17, 15) is 13.2 Å². The molecule has 6 nitrogen and oxygen atoms in total. The van der Waals surface area contributed by atoms with Crippen LogP contribution in [-0.2, 0) is 9.84 Å². The van der Waals surface area contributed by atoms with E-state index in [2.05, 4.69) is 0 Å². The van der Waals surface area contributed by atoms with Crippen LogP contribution >= 0.6 is 11.3 Å². The predicted octanol–water partition coefficient (Wildman–Crippen LogP) is 1.52. The van der Waals surface area contributed by atoms with E-state index in [1.54, 1.807) is 35.7 Å². The average Bonchev–Trinajstić information content (AvgIpc) is 3.00. The van der Waals surface area contributed by atoms with Gasteiger partial charge in [-0.05, 0) is 23.6 Å². The zero-order chi connectivity index (χ0) is 15.5. The Balaban J connectivity index is 2.13. The molecule has 0 saturated carbocycles. The third-order valence-electron chi connectivity index (χ3n) is 2.67. The minimum Gasteiger partial charge on any atom is -0.286 e. The van der Waals surface area contributed by atoms with Crippen LogP contribution in [0.4, 0.5) is 0 Å². The van der Waals surface area contributed by atoms with Crippen LogP contribution in [0.1, 0.15) is 9.67 Å². The van der Waals surface area contributed by atoms with Gasteiger partial charge in [0.15, 0.2) is 9.84 Å². The number of rotatable bonds is 4. The minimum absolute atomic E-state index is 0.0896. The van der Waals surface area contributed by atoms with E-state index in [0.29, 0.717) is 9.89 Å². The summed E-state index contributed by atoms with van der Waals surface area (Å²) in [5.74, 6) is 3.83. The maximum absolute atomic E-state index is 12.1. The highest BCUT2D eigenvalue weighted by Crippen LogP contribution is 2.13. The molecule has 0 bridgehead atoms. The van der Waals surface area contributed by atoms with Crippen molar-refractivity contribution in [2.24, 2.45) is 5.84 Å². The smallest absolute Gasteiger partial charge is 0.283 e. The molecule has 3 N–H and O–H groups in total. The van der Waals surface area contributed by atoms with E-state index >= 15 is 0 Å². The Kier molecular flexibility index (Phi) is 4.51. The lowest BCUT2D eigenvalue weighted by Gasteiger charge is -2.16. The molecule has 0 radical (unpaired) electrons. The fourth-order valence-electron chi connectivity index (χ4n) is 1.60. The van der Waals surface area contributed by atoms with Crippen LogP contribution in [0.25, 0.3) is 0 Å². The van der Waals surface area contributed by atoms with Crippen molar-refractivity contribution < 1.29 is 13.2 Å². The molecule has 1 heterocycles. The number of thiophene rings is 1. The Labute approximate surface area is 126 Å². The Hall–Kier alpha value is -2.03. The van der Waals surface area contributed by atoms with E-state index in [-0.39, 0.29) is 4.90 Å². The highest BCUT2D eigenvalue weighted by molar-refractivity contribution is 7.92. The van der Waals surface area contributed by atoms with E-state index in [1.165, 1.54) is 23.5 Å². The van der Waals surface area contributed by atoms with Crippen molar-refractivity contribution in [1.82, 2.24) is 5.01 Å². The monoisotopic (exact) mass is 323 g/mol. The lowest BCUT2D eigenvalue weighted by Crippen LogP contribution is -2.44. The Morgan fingerprint density at radius 2 is 1.86 bits per heavy atom. The van der Waals surface area contributed by atoms with Gasteiger partial charge in [-0.1, -0.05) is 24.3 Å². The van der Waals surface area contributed by atoms with Crippen molar-refractivity contribution in [2.45, 2.75) is 4.90 Å². The number of sulfone groups is 1. The van der Waals surface area contributed by atoms with E-state index < -0.39 is 27.3 Å². The Bertz CT molecular complexity index is 740. The normalized spacial score (nSPS) is 11.1. The highest BCUT2D eigenvalue weighted by atomic mass is 32.2. The largest absolute Gasteiger partial charge is 0.286 e. The maximum atomic E-state index is 12.1. The molecule has 8 heteroatoms. The van der Waals surface area contributed by atoms with Crippen LogP contribution in [0.5, 0.6) is 0 Å². The number of amidine groups is 1. The molecular formula is C13H13N3O3S2. The number of nitrogens with one attached hydrogen (secondary N) is 1. The average molecular weight is 323 g/mol. The molecule has 0 saturated heterocycles. The molecule has 2 aromatic rings. The summed E-state index contributed by atoms with van der Waals surface area (Å²) in [7, 11) is -3.70. The second-order valence-electron chi connectivity index (χ2n) is 4.17. The molecule has 0 spiro atoms. The van der Waals surface area contributed by atoms with Gasteiger partial charge in [0.2, 0.25) is 0 Å². The van der Waals surface area contributed by atoms with Gasteiger partial charge in [-0.15, -0.1) is 11.3 Å². The number of hydrogen-bond donors (Lipinski definition) is 2. The number of carbonyl (C=O) groups excluding carboxylic acids is 1. The second-order valence-corrected chi connectivity index (χ2v) is 7.11. The molecule has 0 aliphatic carbocycles. The molecule has 110 valence electrons. The van der Waals surface area contributed by atoms with Crippen molar-refractivity contribution >= 4 is 32.9 Å². The summed E-state index contributed by atoms with van der Waals surface area (Å²) < 4.78 is 24.2. The highest BCUT2D eigenvalue weighted by Gasteiger charge is 2.23. The fraction of sp³-hybridized carbons (Fsp3) is 0.0769. The van der Waals surface area contributed by atoms with Crippen molar-refractivity contribution in [3.05, 3.63) is 52.7 Å². The van der Waals surface area contributed by atoms with Crippen LogP contribution < -0.4 is 5.84 Å². The van der Waals surface area contributed by atoms with Crippen molar-refractivity contribution in [3.63, 3.8) is 0 Å². The van der Waals surface area contributed by atoms with Crippen molar-refractivity contribution in [3.8, 4) is 0 Å². The Morgan fingerprint density at radius 3 is 2.43 bits per heavy atom. The molecule has 21 heavy (non-hydrogen) atoms. The van der Waals surface area contributed by atoms with Gasteiger partial charge in [0.05, 0.1) is 9.77 Å². The molecule has 0 aliphatic heterocycles. The molecule has 0 fully saturated rings. The third-order valence-corrected chi connectivity index (χ3v) is 5.17. The number of nitrogens with two attached hydrogens (primary N) is 1.